The number of carbonyl (C=O) groups is 1. The standard InChI is InChI=1S/C17H21NO4/c1-3-12-4-6-13(7-5-12)15-8-9-16(22-15)17(21)18(2)10-14(20)11-19/h4-9,14,19-20H,3,10-11H2,1-2H3/t14-/m0/s1. The van der Waals surface area contributed by atoms with E-state index in [1.54, 1.807) is 19.2 Å². The summed E-state index contributed by atoms with van der Waals surface area (Å²) in [4.78, 5) is 13.5. The van der Waals surface area contributed by atoms with Crippen LogP contribution < -0.4 is 0 Å². The maximum absolute atomic E-state index is 12.2. The number of hydrogen-bond donors (Lipinski definition) is 2. The predicted molar refractivity (Wildman–Crippen MR) is 83.6 cm³/mol. The molecule has 2 N–H and O–H groups in total. The summed E-state index contributed by atoms with van der Waals surface area (Å²) in [6, 6.07) is 11.4. The summed E-state index contributed by atoms with van der Waals surface area (Å²) < 4.78 is 5.61. The van der Waals surface area contributed by atoms with E-state index in [1.165, 1.54) is 10.5 Å². The van der Waals surface area contributed by atoms with E-state index in [1.807, 2.05) is 24.3 Å². The number of amides is 1. The summed E-state index contributed by atoms with van der Waals surface area (Å²) in [5.74, 6) is 0.508. The van der Waals surface area contributed by atoms with Crippen LogP contribution in [0.15, 0.2) is 40.8 Å². The second-order valence-corrected chi connectivity index (χ2v) is 5.24. The molecule has 0 radical (unpaired) electrons. The fourth-order valence-electron chi connectivity index (χ4n) is 2.16. The van der Waals surface area contributed by atoms with Crippen LogP contribution >= 0.6 is 0 Å². The number of likely N-dealkylation sites (N-methyl/N-ethyl adjacent to an activating group) is 1. The molecule has 0 unspecified atom stereocenters. The van der Waals surface area contributed by atoms with Gasteiger partial charge in [-0.3, -0.25) is 4.79 Å². The van der Waals surface area contributed by atoms with Gasteiger partial charge in [0, 0.05) is 19.2 Å². The van der Waals surface area contributed by atoms with E-state index in [-0.39, 0.29) is 24.8 Å². The topological polar surface area (TPSA) is 73.9 Å². The third-order valence-electron chi connectivity index (χ3n) is 3.51. The van der Waals surface area contributed by atoms with Crippen molar-refractivity contribution in [3.8, 4) is 11.3 Å². The molecule has 1 amide bonds. The van der Waals surface area contributed by atoms with E-state index in [0.29, 0.717) is 5.76 Å². The van der Waals surface area contributed by atoms with E-state index in [4.69, 9.17) is 9.52 Å². The molecule has 5 nitrogen and oxygen atoms in total. The summed E-state index contributed by atoms with van der Waals surface area (Å²) in [7, 11) is 1.56. The minimum Gasteiger partial charge on any atom is -0.451 e. The van der Waals surface area contributed by atoms with Crippen LogP contribution in [0.25, 0.3) is 11.3 Å². The van der Waals surface area contributed by atoms with Crippen LogP contribution in [-0.2, 0) is 6.42 Å². The number of aliphatic hydroxyl groups is 2. The molecule has 1 aromatic heterocycles. The number of rotatable bonds is 6. The third-order valence-corrected chi connectivity index (χ3v) is 3.51. The average molecular weight is 303 g/mol. The lowest BCUT2D eigenvalue weighted by Gasteiger charge is -2.18. The molecule has 0 bridgehead atoms. The quantitative estimate of drug-likeness (QED) is 0.855. The van der Waals surface area contributed by atoms with Crippen LogP contribution in [0, 0.1) is 0 Å². The second-order valence-electron chi connectivity index (χ2n) is 5.24. The highest BCUT2D eigenvalue weighted by Gasteiger charge is 2.18. The molecular formula is C17H21NO4. The molecule has 2 aromatic rings. The van der Waals surface area contributed by atoms with Crippen LogP contribution in [0.2, 0.25) is 0 Å². The summed E-state index contributed by atoms with van der Waals surface area (Å²) >= 11 is 0. The van der Waals surface area contributed by atoms with Gasteiger partial charge in [0.15, 0.2) is 5.76 Å². The molecule has 0 saturated heterocycles. The van der Waals surface area contributed by atoms with Crippen molar-refractivity contribution in [3.05, 3.63) is 47.7 Å². The Hall–Kier alpha value is -2.11. The van der Waals surface area contributed by atoms with Crippen LogP contribution in [0.4, 0.5) is 0 Å². The van der Waals surface area contributed by atoms with Gasteiger partial charge in [-0.2, -0.15) is 0 Å². The first-order valence-corrected chi connectivity index (χ1v) is 7.28. The van der Waals surface area contributed by atoms with Gasteiger partial charge in [-0.05, 0) is 24.1 Å². The average Bonchev–Trinajstić information content (AvgIpc) is 3.03. The minimum absolute atomic E-state index is 0.0521. The molecule has 1 atom stereocenters. The second kappa shape index (κ2) is 7.24. The van der Waals surface area contributed by atoms with Gasteiger partial charge in [0.2, 0.25) is 0 Å². The summed E-state index contributed by atoms with van der Waals surface area (Å²) in [6.45, 7) is 1.76. The molecule has 1 aromatic carbocycles. The van der Waals surface area contributed by atoms with E-state index in [9.17, 15) is 9.90 Å². The van der Waals surface area contributed by atoms with Gasteiger partial charge in [-0.15, -0.1) is 0 Å². The van der Waals surface area contributed by atoms with Gasteiger partial charge in [0.05, 0.1) is 12.7 Å². The largest absolute Gasteiger partial charge is 0.451 e. The fourth-order valence-corrected chi connectivity index (χ4v) is 2.16. The highest BCUT2D eigenvalue weighted by molar-refractivity contribution is 5.92. The normalized spacial score (nSPS) is 12.2. The van der Waals surface area contributed by atoms with Gasteiger partial charge in [-0.1, -0.05) is 31.2 Å². The van der Waals surface area contributed by atoms with Gasteiger partial charge in [0.25, 0.3) is 5.91 Å². The van der Waals surface area contributed by atoms with Crippen molar-refractivity contribution in [1.29, 1.82) is 0 Å². The van der Waals surface area contributed by atoms with Gasteiger partial charge in [-0.25, -0.2) is 0 Å². The van der Waals surface area contributed by atoms with Crippen LogP contribution in [0.3, 0.4) is 0 Å². The number of aryl methyl sites for hydroxylation is 1. The van der Waals surface area contributed by atoms with Crippen LogP contribution in [0.5, 0.6) is 0 Å². The molecule has 0 spiro atoms. The Labute approximate surface area is 129 Å². The molecule has 0 aliphatic carbocycles. The zero-order valence-electron chi connectivity index (χ0n) is 12.8. The summed E-state index contributed by atoms with van der Waals surface area (Å²) in [5, 5.41) is 18.2. The lowest BCUT2D eigenvalue weighted by molar-refractivity contribution is 0.0501. The summed E-state index contributed by atoms with van der Waals surface area (Å²) in [5.41, 5.74) is 2.15. The van der Waals surface area contributed by atoms with Crippen LogP contribution in [0.1, 0.15) is 23.0 Å². The highest BCUT2D eigenvalue weighted by atomic mass is 16.4. The van der Waals surface area contributed by atoms with Crippen molar-refractivity contribution in [1.82, 2.24) is 4.90 Å². The first-order chi connectivity index (χ1) is 10.5. The molecule has 0 fully saturated rings. The lowest BCUT2D eigenvalue weighted by atomic mass is 10.1. The molecule has 22 heavy (non-hydrogen) atoms. The van der Waals surface area contributed by atoms with Gasteiger partial charge >= 0.3 is 0 Å². The van der Waals surface area contributed by atoms with E-state index in [2.05, 4.69) is 6.92 Å². The highest BCUT2D eigenvalue weighted by Crippen LogP contribution is 2.23. The Kier molecular flexibility index (Phi) is 5.35. The Morgan fingerprint density at radius 1 is 1.23 bits per heavy atom. The number of benzene rings is 1. The van der Waals surface area contributed by atoms with Crippen molar-refractivity contribution >= 4 is 5.91 Å². The monoisotopic (exact) mass is 303 g/mol. The zero-order valence-corrected chi connectivity index (χ0v) is 12.8. The first-order valence-electron chi connectivity index (χ1n) is 7.28. The third kappa shape index (κ3) is 3.75. The maximum Gasteiger partial charge on any atom is 0.289 e. The minimum atomic E-state index is -0.954. The van der Waals surface area contributed by atoms with Crippen molar-refractivity contribution < 1.29 is 19.4 Å². The molecule has 0 aliphatic heterocycles. The first kappa shape index (κ1) is 16.3. The molecule has 0 saturated carbocycles. The SMILES string of the molecule is CCc1ccc(-c2ccc(C(=O)N(C)C[C@H](O)CO)o2)cc1. The number of hydrogen-bond acceptors (Lipinski definition) is 4. The van der Waals surface area contributed by atoms with Crippen molar-refractivity contribution in [3.63, 3.8) is 0 Å². The number of carbonyl (C=O) groups excluding carboxylic acids is 1. The Bertz CT molecular complexity index is 618. The molecule has 0 aliphatic rings. The Morgan fingerprint density at radius 3 is 2.50 bits per heavy atom. The van der Waals surface area contributed by atoms with Crippen molar-refractivity contribution in [2.75, 3.05) is 20.2 Å². The van der Waals surface area contributed by atoms with Crippen LogP contribution in [-0.4, -0.2) is 47.3 Å². The van der Waals surface area contributed by atoms with Crippen molar-refractivity contribution in [2.45, 2.75) is 19.4 Å². The van der Waals surface area contributed by atoms with E-state index >= 15 is 0 Å². The molecule has 2 rings (SSSR count). The molecule has 118 valence electrons. The molecule has 5 heteroatoms. The number of furan rings is 1. The lowest BCUT2D eigenvalue weighted by Crippen LogP contribution is -2.35. The maximum atomic E-state index is 12.2. The Morgan fingerprint density at radius 2 is 1.91 bits per heavy atom. The molecular weight excluding hydrogens is 282 g/mol. The molecule has 1 heterocycles. The van der Waals surface area contributed by atoms with Crippen molar-refractivity contribution in [2.24, 2.45) is 0 Å². The number of aliphatic hydroxyl groups excluding tert-OH is 2. The summed E-state index contributed by atoms with van der Waals surface area (Å²) in [6.07, 6.45) is 0.0186. The van der Waals surface area contributed by atoms with Gasteiger partial charge < -0.3 is 19.5 Å². The number of nitrogens with zero attached hydrogens (tertiary/aromatic N) is 1. The van der Waals surface area contributed by atoms with E-state index < -0.39 is 6.10 Å². The zero-order chi connectivity index (χ0) is 16.1. The van der Waals surface area contributed by atoms with E-state index in [0.717, 1.165) is 12.0 Å². The van der Waals surface area contributed by atoms with Gasteiger partial charge in [0.1, 0.15) is 5.76 Å². The Balaban J connectivity index is 2.11. The smallest absolute Gasteiger partial charge is 0.289 e. The predicted octanol–water partition coefficient (Wildman–Crippen LogP) is 1.93. The fraction of sp³-hybridized carbons (Fsp3) is 0.353.